The van der Waals surface area contributed by atoms with Crippen LogP contribution < -0.4 is 5.73 Å². The normalized spacial score (nSPS) is 21.7. The fraction of sp³-hybridized carbons (Fsp3) is 0.562. The fourth-order valence-electron chi connectivity index (χ4n) is 3.21. The molecule has 1 heterocycles. The smallest absolute Gasteiger partial charge is 0.0746 e. The molecular weight excluding hydrogens is 252 g/mol. The van der Waals surface area contributed by atoms with Crippen LogP contribution in [0.1, 0.15) is 44.7 Å². The molecule has 0 aromatic heterocycles. The standard InChI is InChI=1S/C16H24N2S/c1-12(2)14-9-6-10-18(14)15(11-16(17)19)13-7-4-3-5-8-13/h3-5,7-8,12,14-15H,6,9-11H2,1-2H3,(H2,17,19). The van der Waals surface area contributed by atoms with E-state index in [1.807, 2.05) is 0 Å². The number of nitrogens with zero attached hydrogens (tertiary/aromatic N) is 1. The predicted octanol–water partition coefficient (Wildman–Crippen LogP) is 3.52. The first kappa shape index (κ1) is 14.5. The van der Waals surface area contributed by atoms with Crippen LogP contribution in [0.4, 0.5) is 0 Å². The highest BCUT2D eigenvalue weighted by Gasteiger charge is 2.33. The molecule has 0 aliphatic carbocycles. The van der Waals surface area contributed by atoms with Gasteiger partial charge in [-0.15, -0.1) is 0 Å². The molecule has 3 heteroatoms. The Morgan fingerprint density at radius 3 is 2.63 bits per heavy atom. The van der Waals surface area contributed by atoms with Gasteiger partial charge >= 0.3 is 0 Å². The van der Waals surface area contributed by atoms with Gasteiger partial charge in [-0.1, -0.05) is 56.4 Å². The number of rotatable bonds is 5. The molecule has 1 saturated heterocycles. The van der Waals surface area contributed by atoms with Crippen molar-refractivity contribution in [3.8, 4) is 0 Å². The lowest BCUT2D eigenvalue weighted by Crippen LogP contribution is -2.38. The van der Waals surface area contributed by atoms with E-state index in [1.165, 1.54) is 18.4 Å². The second kappa shape index (κ2) is 6.49. The Morgan fingerprint density at radius 1 is 1.37 bits per heavy atom. The number of benzene rings is 1. The van der Waals surface area contributed by atoms with Gasteiger partial charge in [-0.25, -0.2) is 0 Å². The minimum Gasteiger partial charge on any atom is -0.393 e. The van der Waals surface area contributed by atoms with Crippen molar-refractivity contribution in [3.05, 3.63) is 35.9 Å². The van der Waals surface area contributed by atoms with Gasteiger partial charge in [-0.3, -0.25) is 4.90 Å². The number of likely N-dealkylation sites (tertiary alicyclic amines) is 1. The molecule has 2 nitrogen and oxygen atoms in total. The van der Waals surface area contributed by atoms with E-state index in [1.54, 1.807) is 0 Å². The molecule has 1 aliphatic rings. The monoisotopic (exact) mass is 276 g/mol. The number of nitrogens with two attached hydrogens (primary N) is 1. The molecule has 0 amide bonds. The van der Waals surface area contributed by atoms with Crippen molar-refractivity contribution in [2.45, 2.75) is 45.2 Å². The van der Waals surface area contributed by atoms with Gasteiger partial charge in [-0.2, -0.15) is 0 Å². The molecule has 2 atom stereocenters. The third-order valence-electron chi connectivity index (χ3n) is 4.09. The summed E-state index contributed by atoms with van der Waals surface area (Å²) in [6, 6.07) is 11.6. The van der Waals surface area contributed by atoms with E-state index in [9.17, 15) is 0 Å². The van der Waals surface area contributed by atoms with Gasteiger partial charge in [0.15, 0.2) is 0 Å². The van der Waals surface area contributed by atoms with Gasteiger partial charge in [0, 0.05) is 18.5 Å². The first-order valence-electron chi connectivity index (χ1n) is 7.18. The van der Waals surface area contributed by atoms with Crippen molar-refractivity contribution in [3.63, 3.8) is 0 Å². The largest absolute Gasteiger partial charge is 0.393 e. The lowest BCUT2D eigenvalue weighted by Gasteiger charge is -2.35. The molecule has 0 saturated carbocycles. The third-order valence-corrected chi connectivity index (χ3v) is 4.26. The van der Waals surface area contributed by atoms with Gasteiger partial charge in [0.25, 0.3) is 0 Å². The Bertz CT molecular complexity index is 416. The van der Waals surface area contributed by atoms with Crippen LogP contribution in [0.15, 0.2) is 30.3 Å². The van der Waals surface area contributed by atoms with Crippen molar-refractivity contribution in [2.75, 3.05) is 6.54 Å². The molecule has 1 aromatic carbocycles. The Morgan fingerprint density at radius 2 is 2.05 bits per heavy atom. The van der Waals surface area contributed by atoms with Gasteiger partial charge in [0.1, 0.15) is 0 Å². The van der Waals surface area contributed by atoms with E-state index in [4.69, 9.17) is 18.0 Å². The van der Waals surface area contributed by atoms with Gasteiger partial charge in [-0.05, 0) is 30.9 Å². The quantitative estimate of drug-likeness (QED) is 0.834. The summed E-state index contributed by atoms with van der Waals surface area (Å²) >= 11 is 5.16. The molecule has 104 valence electrons. The molecule has 1 fully saturated rings. The summed E-state index contributed by atoms with van der Waals surface area (Å²) in [5.41, 5.74) is 7.16. The van der Waals surface area contributed by atoms with E-state index in [-0.39, 0.29) is 0 Å². The molecule has 1 aromatic rings. The average Bonchev–Trinajstić information content (AvgIpc) is 2.86. The van der Waals surface area contributed by atoms with Crippen LogP contribution in [0.3, 0.4) is 0 Å². The zero-order valence-electron chi connectivity index (χ0n) is 11.9. The minimum atomic E-state index is 0.341. The summed E-state index contributed by atoms with van der Waals surface area (Å²) < 4.78 is 0. The highest BCUT2D eigenvalue weighted by Crippen LogP contribution is 2.34. The summed E-state index contributed by atoms with van der Waals surface area (Å²) in [5, 5.41) is 0. The van der Waals surface area contributed by atoms with Crippen molar-refractivity contribution in [2.24, 2.45) is 11.7 Å². The second-order valence-corrected chi connectivity index (χ2v) is 6.31. The Labute approximate surface area is 122 Å². The van der Waals surface area contributed by atoms with Crippen molar-refractivity contribution >= 4 is 17.2 Å². The molecule has 0 spiro atoms. The van der Waals surface area contributed by atoms with Gasteiger partial charge < -0.3 is 5.73 Å². The summed E-state index contributed by atoms with van der Waals surface area (Å²) in [6.45, 7) is 5.78. The highest BCUT2D eigenvalue weighted by molar-refractivity contribution is 7.80. The van der Waals surface area contributed by atoms with Crippen LogP contribution in [0.25, 0.3) is 0 Å². The van der Waals surface area contributed by atoms with Crippen molar-refractivity contribution in [1.82, 2.24) is 4.90 Å². The maximum absolute atomic E-state index is 5.82. The molecule has 2 N–H and O–H groups in total. The Balaban J connectivity index is 2.25. The molecular formula is C16H24N2S. The van der Waals surface area contributed by atoms with Gasteiger partial charge in [0.2, 0.25) is 0 Å². The fourth-order valence-corrected chi connectivity index (χ4v) is 3.37. The summed E-state index contributed by atoms with van der Waals surface area (Å²) in [7, 11) is 0. The van der Waals surface area contributed by atoms with Crippen LogP contribution >= 0.6 is 12.2 Å². The van der Waals surface area contributed by atoms with Crippen molar-refractivity contribution in [1.29, 1.82) is 0 Å². The topological polar surface area (TPSA) is 29.3 Å². The summed E-state index contributed by atoms with van der Waals surface area (Å²) in [4.78, 5) is 3.22. The predicted molar refractivity (Wildman–Crippen MR) is 85.2 cm³/mol. The van der Waals surface area contributed by atoms with E-state index in [2.05, 4.69) is 49.1 Å². The van der Waals surface area contributed by atoms with Gasteiger partial charge in [0.05, 0.1) is 4.99 Å². The average molecular weight is 276 g/mol. The molecule has 0 radical (unpaired) electrons. The zero-order valence-corrected chi connectivity index (χ0v) is 12.7. The molecule has 2 rings (SSSR count). The number of thiocarbonyl (C=S) groups is 1. The third kappa shape index (κ3) is 3.54. The molecule has 1 aliphatic heterocycles. The first-order chi connectivity index (χ1) is 9.09. The molecule has 0 bridgehead atoms. The first-order valence-corrected chi connectivity index (χ1v) is 7.59. The maximum atomic E-state index is 5.82. The van der Waals surface area contributed by atoms with Crippen LogP contribution in [-0.2, 0) is 0 Å². The Kier molecular flexibility index (Phi) is 4.94. The lowest BCUT2D eigenvalue weighted by atomic mass is 9.96. The zero-order chi connectivity index (χ0) is 13.8. The van der Waals surface area contributed by atoms with Crippen LogP contribution in [0.2, 0.25) is 0 Å². The van der Waals surface area contributed by atoms with Crippen molar-refractivity contribution < 1.29 is 0 Å². The Hall–Kier alpha value is -0.930. The van der Waals surface area contributed by atoms with E-state index in [0.717, 1.165) is 13.0 Å². The number of hydrogen-bond acceptors (Lipinski definition) is 2. The SMILES string of the molecule is CC(C)C1CCCN1C(CC(N)=S)c1ccccc1. The van der Waals surface area contributed by atoms with E-state index >= 15 is 0 Å². The van der Waals surface area contributed by atoms with E-state index < -0.39 is 0 Å². The maximum Gasteiger partial charge on any atom is 0.0746 e. The second-order valence-electron chi connectivity index (χ2n) is 5.79. The van der Waals surface area contributed by atoms with Crippen LogP contribution in [-0.4, -0.2) is 22.5 Å². The highest BCUT2D eigenvalue weighted by atomic mass is 32.1. The summed E-state index contributed by atoms with van der Waals surface area (Å²) in [6.07, 6.45) is 3.35. The van der Waals surface area contributed by atoms with E-state index in [0.29, 0.717) is 23.0 Å². The molecule has 19 heavy (non-hydrogen) atoms. The van der Waals surface area contributed by atoms with Crippen LogP contribution in [0.5, 0.6) is 0 Å². The lowest BCUT2D eigenvalue weighted by molar-refractivity contribution is 0.149. The summed E-state index contributed by atoms with van der Waals surface area (Å²) in [5.74, 6) is 0.681. The number of hydrogen-bond donors (Lipinski definition) is 1. The van der Waals surface area contributed by atoms with Crippen LogP contribution in [0, 0.1) is 5.92 Å². The molecule has 2 unspecified atom stereocenters. The minimum absolute atomic E-state index is 0.341.